The van der Waals surface area contributed by atoms with Crippen molar-refractivity contribution in [1.29, 1.82) is 0 Å². The molecule has 1 radical (unpaired) electrons. The lowest BCUT2D eigenvalue weighted by Gasteiger charge is -1.93. The van der Waals surface area contributed by atoms with Crippen molar-refractivity contribution in [1.82, 2.24) is 20.0 Å². The predicted molar refractivity (Wildman–Crippen MR) is 50.1 cm³/mol. The number of hydrogen-bond donors (Lipinski definition) is 0. The zero-order chi connectivity index (χ0) is 9.97. The smallest absolute Gasteiger partial charge is 0.178 e. The van der Waals surface area contributed by atoms with E-state index < -0.39 is 0 Å². The van der Waals surface area contributed by atoms with Crippen LogP contribution in [0, 0.1) is 6.20 Å². The van der Waals surface area contributed by atoms with Crippen LogP contribution in [0.4, 0.5) is 0 Å². The van der Waals surface area contributed by atoms with E-state index in [1.54, 1.807) is 5.38 Å². The Morgan fingerprint density at radius 2 is 2.57 bits per heavy atom. The van der Waals surface area contributed by atoms with Crippen LogP contribution >= 0.6 is 11.3 Å². The van der Waals surface area contributed by atoms with Crippen molar-refractivity contribution in [3.05, 3.63) is 28.5 Å². The zero-order valence-corrected chi connectivity index (χ0v) is 8.28. The largest absolute Gasteiger partial charge is 0.293 e. The fourth-order valence-corrected chi connectivity index (χ4v) is 1.76. The van der Waals surface area contributed by atoms with Crippen molar-refractivity contribution in [2.24, 2.45) is 0 Å². The van der Waals surface area contributed by atoms with Crippen LogP contribution in [-0.4, -0.2) is 25.8 Å². The first kappa shape index (κ1) is 9.01. The molecule has 14 heavy (non-hydrogen) atoms. The minimum Gasteiger partial charge on any atom is -0.293 e. The molecule has 71 valence electrons. The number of carbonyl (C=O) groups is 1. The Morgan fingerprint density at radius 3 is 3.14 bits per heavy atom. The van der Waals surface area contributed by atoms with E-state index in [1.807, 2.05) is 0 Å². The molecule has 0 aliphatic rings. The third-order valence-electron chi connectivity index (χ3n) is 1.61. The lowest BCUT2D eigenvalue weighted by Crippen LogP contribution is -2.03. The lowest BCUT2D eigenvalue weighted by atomic mass is 10.4. The van der Waals surface area contributed by atoms with Crippen LogP contribution in [0.25, 0.3) is 0 Å². The summed E-state index contributed by atoms with van der Waals surface area (Å²) in [6.45, 7) is 1.99. The molecule has 0 bridgehead atoms. The highest BCUT2D eigenvalue weighted by atomic mass is 32.1. The van der Waals surface area contributed by atoms with Crippen LogP contribution in [0.3, 0.4) is 0 Å². The van der Waals surface area contributed by atoms with Crippen molar-refractivity contribution < 1.29 is 4.79 Å². The summed E-state index contributed by atoms with van der Waals surface area (Å²) in [5, 5.41) is 10.3. The van der Waals surface area contributed by atoms with Gasteiger partial charge in [0.2, 0.25) is 0 Å². The van der Waals surface area contributed by atoms with Gasteiger partial charge in [-0.15, -0.1) is 11.3 Å². The highest BCUT2D eigenvalue weighted by Crippen LogP contribution is 2.10. The van der Waals surface area contributed by atoms with Gasteiger partial charge in [0.05, 0.1) is 6.20 Å². The van der Waals surface area contributed by atoms with E-state index in [9.17, 15) is 4.79 Å². The maximum atomic E-state index is 11.0. The fraction of sp³-hybridized carbons (Fsp3) is 0.250. The van der Waals surface area contributed by atoms with Gasteiger partial charge in [-0.2, -0.15) is 15.0 Å². The second-order valence-electron chi connectivity index (χ2n) is 2.69. The van der Waals surface area contributed by atoms with Crippen molar-refractivity contribution in [2.75, 3.05) is 0 Å². The number of hydrogen-bond acceptors (Lipinski definition) is 5. The molecule has 2 rings (SSSR count). The van der Waals surface area contributed by atoms with Crippen LogP contribution in [0.15, 0.2) is 11.6 Å². The Bertz CT molecular complexity index is 434. The quantitative estimate of drug-likeness (QED) is 0.698. The first-order valence-electron chi connectivity index (χ1n) is 3.97. The molecule has 2 heterocycles. The standard InChI is InChI=1S/C8H7N4OS/c1-6(13)7-5-14-8(11-7)4-12-9-2-3-10-12/h2,5H,4H2,1H3. The molecule has 0 spiro atoms. The molecule has 0 aliphatic carbocycles. The SMILES string of the molecule is CC(=O)c1csc(Cn2n[c]cn2)n1. The van der Waals surface area contributed by atoms with Crippen molar-refractivity contribution in [3.8, 4) is 0 Å². The molecule has 5 nitrogen and oxygen atoms in total. The molecule has 2 aromatic heterocycles. The number of aromatic nitrogens is 4. The van der Waals surface area contributed by atoms with Gasteiger partial charge in [0.25, 0.3) is 0 Å². The topological polar surface area (TPSA) is 60.7 Å². The number of rotatable bonds is 3. The van der Waals surface area contributed by atoms with Gasteiger partial charge in [-0.1, -0.05) is 0 Å². The Labute approximate surface area is 84.4 Å². The third kappa shape index (κ3) is 1.85. The van der Waals surface area contributed by atoms with E-state index in [1.165, 1.54) is 29.3 Å². The van der Waals surface area contributed by atoms with Gasteiger partial charge < -0.3 is 0 Å². The summed E-state index contributed by atoms with van der Waals surface area (Å²) in [6.07, 6.45) is 4.08. The lowest BCUT2D eigenvalue weighted by molar-refractivity contribution is 0.101. The first-order valence-corrected chi connectivity index (χ1v) is 4.85. The van der Waals surface area contributed by atoms with Crippen LogP contribution < -0.4 is 0 Å². The van der Waals surface area contributed by atoms with E-state index in [-0.39, 0.29) is 5.78 Å². The Morgan fingerprint density at radius 1 is 1.71 bits per heavy atom. The molecule has 0 amide bonds. The maximum Gasteiger partial charge on any atom is 0.178 e. The van der Waals surface area contributed by atoms with Gasteiger partial charge in [0, 0.05) is 12.3 Å². The number of carbonyl (C=O) groups excluding carboxylic acids is 1. The summed E-state index contributed by atoms with van der Waals surface area (Å²) < 4.78 is 0. The highest BCUT2D eigenvalue weighted by molar-refractivity contribution is 7.09. The monoisotopic (exact) mass is 207 g/mol. The predicted octanol–water partition coefficient (Wildman–Crippen LogP) is 0.786. The maximum absolute atomic E-state index is 11.0. The van der Waals surface area contributed by atoms with Crippen molar-refractivity contribution >= 4 is 17.1 Å². The van der Waals surface area contributed by atoms with E-state index in [4.69, 9.17) is 0 Å². The van der Waals surface area contributed by atoms with E-state index in [0.717, 1.165) is 5.01 Å². The molecule has 0 N–H and O–H groups in total. The molecule has 2 aromatic rings. The molecule has 0 aromatic carbocycles. The van der Waals surface area contributed by atoms with Crippen LogP contribution in [0.5, 0.6) is 0 Å². The second-order valence-corrected chi connectivity index (χ2v) is 3.63. The van der Waals surface area contributed by atoms with Gasteiger partial charge in [-0.3, -0.25) is 4.79 Å². The van der Waals surface area contributed by atoms with Gasteiger partial charge in [0.1, 0.15) is 23.4 Å². The average molecular weight is 207 g/mol. The second kappa shape index (κ2) is 3.67. The summed E-state index contributed by atoms with van der Waals surface area (Å²) >= 11 is 1.43. The van der Waals surface area contributed by atoms with Crippen molar-refractivity contribution in [2.45, 2.75) is 13.5 Å². The van der Waals surface area contributed by atoms with E-state index in [0.29, 0.717) is 12.2 Å². The van der Waals surface area contributed by atoms with E-state index >= 15 is 0 Å². The van der Waals surface area contributed by atoms with Gasteiger partial charge in [-0.05, 0) is 0 Å². The Balaban J connectivity index is 2.14. The highest BCUT2D eigenvalue weighted by Gasteiger charge is 2.06. The minimum absolute atomic E-state index is 0.0208. The van der Waals surface area contributed by atoms with E-state index in [2.05, 4.69) is 21.4 Å². The molecule has 6 heteroatoms. The van der Waals surface area contributed by atoms with Gasteiger partial charge in [0.15, 0.2) is 5.78 Å². The number of ketones is 1. The molecule has 0 saturated heterocycles. The number of nitrogens with zero attached hydrogens (tertiary/aromatic N) is 4. The number of thiazole rings is 1. The molecule has 0 fully saturated rings. The Hall–Kier alpha value is -1.56. The fourth-order valence-electron chi connectivity index (χ4n) is 0.953. The first-order chi connectivity index (χ1) is 6.75. The van der Waals surface area contributed by atoms with Crippen molar-refractivity contribution in [3.63, 3.8) is 0 Å². The Kier molecular flexibility index (Phi) is 2.36. The molecule has 0 saturated carbocycles. The molecule has 0 aliphatic heterocycles. The van der Waals surface area contributed by atoms with Gasteiger partial charge >= 0.3 is 0 Å². The molecular formula is C8H7N4OS. The summed E-state index contributed by atoms with van der Waals surface area (Å²) in [5.74, 6) is -0.0208. The third-order valence-corrected chi connectivity index (χ3v) is 2.44. The van der Waals surface area contributed by atoms with Crippen LogP contribution in [0.2, 0.25) is 0 Å². The van der Waals surface area contributed by atoms with Gasteiger partial charge in [-0.25, -0.2) is 4.98 Å². The molecule has 0 unspecified atom stereocenters. The summed E-state index contributed by atoms with van der Waals surface area (Å²) in [4.78, 5) is 16.6. The summed E-state index contributed by atoms with van der Waals surface area (Å²) in [6, 6.07) is 0. The molecular weight excluding hydrogens is 200 g/mol. The average Bonchev–Trinajstić information content (AvgIpc) is 2.75. The normalized spacial score (nSPS) is 10.4. The molecule has 0 atom stereocenters. The minimum atomic E-state index is -0.0208. The zero-order valence-electron chi connectivity index (χ0n) is 7.47. The van der Waals surface area contributed by atoms with Crippen LogP contribution in [-0.2, 0) is 6.54 Å². The summed E-state index contributed by atoms with van der Waals surface area (Å²) in [7, 11) is 0. The number of Topliss-reactive ketones (excluding diaryl/α,β-unsaturated/α-hetero) is 1. The van der Waals surface area contributed by atoms with Crippen LogP contribution in [0.1, 0.15) is 22.4 Å². The summed E-state index contributed by atoms with van der Waals surface area (Å²) in [5.41, 5.74) is 0.501.